The van der Waals surface area contributed by atoms with Gasteiger partial charge in [0.05, 0.1) is 13.7 Å². The van der Waals surface area contributed by atoms with E-state index >= 15 is 0 Å². The first-order valence-electron chi connectivity index (χ1n) is 8.79. The molecule has 0 aliphatic carbocycles. The third kappa shape index (κ3) is 4.28. The average Bonchev–Trinajstić information content (AvgIpc) is 3.10. The maximum atomic E-state index is 14.5. The molecule has 0 aliphatic heterocycles. The molecule has 1 atom stereocenters. The fourth-order valence-electron chi connectivity index (χ4n) is 3.23. The maximum Gasteiger partial charge on any atom is 0.221 e. The molecular formula is C21H23FN2O3. The number of aromatic amines is 1. The molecule has 2 aromatic carbocycles. The molecule has 0 radical (unpaired) electrons. The number of H-pyrrole nitrogens is 1. The van der Waals surface area contributed by atoms with Crippen LogP contribution in [0.15, 0.2) is 48.7 Å². The number of rotatable bonds is 8. The van der Waals surface area contributed by atoms with Gasteiger partial charge >= 0.3 is 0 Å². The molecule has 0 aliphatic rings. The molecule has 27 heavy (non-hydrogen) atoms. The maximum absolute atomic E-state index is 14.5. The monoisotopic (exact) mass is 370 g/mol. The Morgan fingerprint density at radius 1 is 1.19 bits per heavy atom. The van der Waals surface area contributed by atoms with Gasteiger partial charge in [0.2, 0.25) is 5.91 Å². The van der Waals surface area contributed by atoms with Crippen molar-refractivity contribution in [1.82, 2.24) is 10.3 Å². The second-order valence-electron chi connectivity index (χ2n) is 6.28. The molecule has 1 heterocycles. The summed E-state index contributed by atoms with van der Waals surface area (Å²) in [5.74, 6) is -0.197. The Morgan fingerprint density at radius 3 is 2.74 bits per heavy atom. The first-order chi connectivity index (χ1) is 13.1. The summed E-state index contributed by atoms with van der Waals surface area (Å²) in [7, 11) is 3.18. The van der Waals surface area contributed by atoms with E-state index in [4.69, 9.17) is 9.47 Å². The number of hydrogen-bond donors (Lipinski definition) is 2. The van der Waals surface area contributed by atoms with E-state index < -0.39 is 5.92 Å². The normalized spacial score (nSPS) is 12.1. The summed E-state index contributed by atoms with van der Waals surface area (Å²) in [4.78, 5) is 15.6. The number of amides is 1. The lowest BCUT2D eigenvalue weighted by molar-refractivity contribution is -0.121. The second-order valence-corrected chi connectivity index (χ2v) is 6.28. The fourth-order valence-corrected chi connectivity index (χ4v) is 3.23. The number of fused-ring (bicyclic) bond motifs is 1. The van der Waals surface area contributed by atoms with E-state index in [1.807, 2.05) is 24.4 Å². The zero-order chi connectivity index (χ0) is 19.2. The number of methoxy groups -OCH3 is 2. The summed E-state index contributed by atoms with van der Waals surface area (Å²) in [6.07, 6.45) is 1.97. The van der Waals surface area contributed by atoms with Crippen molar-refractivity contribution in [1.29, 1.82) is 0 Å². The highest BCUT2D eigenvalue weighted by Crippen LogP contribution is 2.35. The van der Waals surface area contributed by atoms with Gasteiger partial charge in [-0.15, -0.1) is 0 Å². The van der Waals surface area contributed by atoms with Crippen molar-refractivity contribution in [3.8, 4) is 5.75 Å². The highest BCUT2D eigenvalue weighted by atomic mass is 19.1. The van der Waals surface area contributed by atoms with E-state index in [9.17, 15) is 9.18 Å². The number of benzene rings is 2. The van der Waals surface area contributed by atoms with Crippen LogP contribution in [-0.2, 0) is 9.53 Å². The molecule has 2 N–H and O–H groups in total. The van der Waals surface area contributed by atoms with Crippen molar-refractivity contribution in [2.24, 2.45) is 0 Å². The molecule has 1 amide bonds. The van der Waals surface area contributed by atoms with Crippen LogP contribution >= 0.6 is 0 Å². The molecular weight excluding hydrogens is 347 g/mol. The molecule has 0 fully saturated rings. The molecule has 0 saturated carbocycles. The van der Waals surface area contributed by atoms with Crippen LogP contribution in [0.5, 0.6) is 5.75 Å². The standard InChI is InChI=1S/C21H23FN2O3/c1-26-10-9-23-21(25)12-16(15-5-3-4-6-19(15)22)18-13-24-20-8-7-14(27-2)11-17(18)20/h3-8,11,13,16,24H,9-10,12H2,1-2H3,(H,23,25)/t16-/m0/s1. The molecule has 6 heteroatoms. The summed E-state index contributed by atoms with van der Waals surface area (Å²) >= 11 is 0. The molecule has 3 rings (SSSR count). The summed E-state index contributed by atoms with van der Waals surface area (Å²) in [6, 6.07) is 12.2. The van der Waals surface area contributed by atoms with Crippen LogP contribution in [0.3, 0.4) is 0 Å². The van der Waals surface area contributed by atoms with Crippen LogP contribution in [0.25, 0.3) is 10.9 Å². The predicted molar refractivity (Wildman–Crippen MR) is 103 cm³/mol. The van der Waals surface area contributed by atoms with E-state index in [-0.39, 0.29) is 18.1 Å². The molecule has 5 nitrogen and oxygen atoms in total. The number of halogens is 1. The Morgan fingerprint density at radius 2 is 2.00 bits per heavy atom. The van der Waals surface area contributed by atoms with Gasteiger partial charge < -0.3 is 19.8 Å². The van der Waals surface area contributed by atoms with Crippen LogP contribution in [0.2, 0.25) is 0 Å². The predicted octanol–water partition coefficient (Wildman–Crippen LogP) is 3.60. The van der Waals surface area contributed by atoms with Crippen LogP contribution < -0.4 is 10.1 Å². The van der Waals surface area contributed by atoms with Gasteiger partial charge in [-0.3, -0.25) is 4.79 Å². The number of carbonyl (C=O) groups is 1. The summed E-state index contributed by atoms with van der Waals surface area (Å²) in [6.45, 7) is 0.849. The number of nitrogens with one attached hydrogen (secondary N) is 2. The van der Waals surface area contributed by atoms with E-state index in [1.165, 1.54) is 6.07 Å². The van der Waals surface area contributed by atoms with Crippen molar-refractivity contribution in [2.45, 2.75) is 12.3 Å². The molecule has 0 saturated heterocycles. The van der Waals surface area contributed by atoms with Crippen molar-refractivity contribution in [2.75, 3.05) is 27.4 Å². The zero-order valence-electron chi connectivity index (χ0n) is 15.4. The van der Waals surface area contributed by atoms with E-state index in [2.05, 4.69) is 10.3 Å². The quantitative estimate of drug-likeness (QED) is 0.596. The number of ether oxygens (including phenoxy) is 2. The van der Waals surface area contributed by atoms with Gasteiger partial charge in [0.15, 0.2) is 0 Å². The first kappa shape index (κ1) is 18.9. The first-order valence-corrected chi connectivity index (χ1v) is 8.79. The van der Waals surface area contributed by atoms with Gasteiger partial charge in [-0.25, -0.2) is 4.39 Å². The smallest absolute Gasteiger partial charge is 0.221 e. The highest BCUT2D eigenvalue weighted by molar-refractivity contribution is 5.87. The summed E-state index contributed by atoms with van der Waals surface area (Å²) in [5, 5.41) is 3.72. The van der Waals surface area contributed by atoms with Gasteiger partial charge in [0, 0.05) is 43.1 Å². The van der Waals surface area contributed by atoms with Crippen LogP contribution in [0.1, 0.15) is 23.5 Å². The lowest BCUT2D eigenvalue weighted by Gasteiger charge is -2.18. The van der Waals surface area contributed by atoms with Crippen LogP contribution in [0, 0.1) is 5.82 Å². The van der Waals surface area contributed by atoms with E-state index in [1.54, 1.807) is 32.4 Å². The van der Waals surface area contributed by atoms with Crippen LogP contribution in [0.4, 0.5) is 4.39 Å². The van der Waals surface area contributed by atoms with Gasteiger partial charge in [0.1, 0.15) is 11.6 Å². The minimum Gasteiger partial charge on any atom is -0.497 e. The molecule has 0 bridgehead atoms. The zero-order valence-corrected chi connectivity index (χ0v) is 15.4. The third-order valence-electron chi connectivity index (χ3n) is 4.59. The van der Waals surface area contributed by atoms with Gasteiger partial charge in [0.25, 0.3) is 0 Å². The van der Waals surface area contributed by atoms with Gasteiger partial charge in [-0.1, -0.05) is 18.2 Å². The molecule has 0 unspecified atom stereocenters. The van der Waals surface area contributed by atoms with Crippen molar-refractivity contribution in [3.05, 3.63) is 65.6 Å². The molecule has 142 valence electrons. The third-order valence-corrected chi connectivity index (χ3v) is 4.59. The van der Waals surface area contributed by atoms with Gasteiger partial charge in [-0.05, 0) is 35.4 Å². The Balaban J connectivity index is 2.00. The molecule has 3 aromatic rings. The van der Waals surface area contributed by atoms with Crippen molar-refractivity contribution < 1.29 is 18.7 Å². The SMILES string of the molecule is COCCNC(=O)C[C@@H](c1ccccc1F)c1c[nH]c2ccc(OC)cc12. The fraction of sp³-hybridized carbons (Fsp3) is 0.286. The van der Waals surface area contributed by atoms with Crippen molar-refractivity contribution in [3.63, 3.8) is 0 Å². The Kier molecular flexibility index (Phi) is 6.08. The number of carbonyl (C=O) groups excluding carboxylic acids is 1. The summed E-state index contributed by atoms with van der Waals surface area (Å²) < 4.78 is 24.8. The largest absolute Gasteiger partial charge is 0.497 e. The Bertz CT molecular complexity index is 923. The average molecular weight is 370 g/mol. The lowest BCUT2D eigenvalue weighted by Crippen LogP contribution is -2.28. The molecule has 1 aromatic heterocycles. The minimum absolute atomic E-state index is 0.134. The summed E-state index contributed by atoms with van der Waals surface area (Å²) in [5.41, 5.74) is 2.26. The molecule has 0 spiro atoms. The Hall–Kier alpha value is -2.86. The second kappa shape index (κ2) is 8.68. The minimum atomic E-state index is -0.422. The topological polar surface area (TPSA) is 63.3 Å². The Labute approximate surface area is 157 Å². The van der Waals surface area contributed by atoms with E-state index in [0.717, 1.165) is 16.5 Å². The number of aromatic nitrogens is 1. The lowest BCUT2D eigenvalue weighted by atomic mass is 9.87. The van der Waals surface area contributed by atoms with E-state index in [0.29, 0.717) is 24.5 Å². The van der Waals surface area contributed by atoms with Crippen LogP contribution in [-0.4, -0.2) is 38.3 Å². The highest BCUT2D eigenvalue weighted by Gasteiger charge is 2.24. The number of hydrogen-bond acceptors (Lipinski definition) is 3. The van der Waals surface area contributed by atoms with Gasteiger partial charge in [-0.2, -0.15) is 0 Å². The van der Waals surface area contributed by atoms with Crippen molar-refractivity contribution >= 4 is 16.8 Å².